The lowest BCUT2D eigenvalue weighted by Gasteiger charge is -2.32. The lowest BCUT2D eigenvalue weighted by atomic mass is 10.0. The number of halogens is 3. The first-order valence-electron chi connectivity index (χ1n) is 12.1. The van der Waals surface area contributed by atoms with Crippen molar-refractivity contribution in [1.29, 1.82) is 0 Å². The summed E-state index contributed by atoms with van der Waals surface area (Å²) in [6.07, 6.45) is 1.13. The quantitative estimate of drug-likeness (QED) is 0.256. The van der Waals surface area contributed by atoms with E-state index in [9.17, 15) is 9.59 Å². The molecular weight excluding hydrogens is 575 g/mol. The van der Waals surface area contributed by atoms with Gasteiger partial charge in [-0.15, -0.1) is 0 Å². The molecule has 0 unspecified atom stereocenters. The maximum Gasteiger partial charge on any atom is 0.261 e. The third kappa shape index (κ3) is 8.49. The minimum atomic E-state index is -0.756. The van der Waals surface area contributed by atoms with Crippen molar-refractivity contribution in [3.63, 3.8) is 0 Å². The standard InChI is InChI=1S/C29H31BrCl2N2O3/c1-4-20(3)33-29(36)27(16-21-8-6-5-7-9-21)34(17-22-10-13-25(31)26(32)15-22)28(35)18-37-23-11-12-24(30)19(2)14-23/h5-15,20,27H,4,16-18H2,1-3H3,(H,33,36)/t20-,27+/m1/s1. The van der Waals surface area contributed by atoms with Gasteiger partial charge >= 0.3 is 0 Å². The van der Waals surface area contributed by atoms with Crippen LogP contribution in [-0.4, -0.2) is 35.4 Å². The Hall–Kier alpha value is -2.54. The van der Waals surface area contributed by atoms with Crippen molar-refractivity contribution in [2.24, 2.45) is 0 Å². The Morgan fingerprint density at radius 2 is 1.73 bits per heavy atom. The molecule has 0 fully saturated rings. The van der Waals surface area contributed by atoms with Crippen molar-refractivity contribution in [1.82, 2.24) is 10.2 Å². The predicted octanol–water partition coefficient (Wildman–Crippen LogP) is 7.00. The summed E-state index contributed by atoms with van der Waals surface area (Å²) in [4.78, 5) is 28.8. The van der Waals surface area contributed by atoms with E-state index in [1.807, 2.05) is 63.2 Å². The molecule has 0 radical (unpaired) electrons. The van der Waals surface area contributed by atoms with Gasteiger partial charge in [0.1, 0.15) is 11.8 Å². The van der Waals surface area contributed by atoms with E-state index in [0.29, 0.717) is 22.2 Å². The second-order valence-electron chi connectivity index (χ2n) is 8.99. The van der Waals surface area contributed by atoms with Gasteiger partial charge in [0.25, 0.3) is 5.91 Å². The van der Waals surface area contributed by atoms with Gasteiger partial charge < -0.3 is 15.0 Å². The zero-order valence-electron chi connectivity index (χ0n) is 21.1. The van der Waals surface area contributed by atoms with Crippen LogP contribution in [0.2, 0.25) is 10.0 Å². The molecule has 3 aromatic carbocycles. The van der Waals surface area contributed by atoms with E-state index in [1.54, 1.807) is 29.2 Å². The second-order valence-corrected chi connectivity index (χ2v) is 10.7. The van der Waals surface area contributed by atoms with Crippen molar-refractivity contribution < 1.29 is 14.3 Å². The number of carbonyl (C=O) groups excluding carboxylic acids is 2. The number of nitrogens with one attached hydrogen (secondary N) is 1. The van der Waals surface area contributed by atoms with Crippen molar-refractivity contribution in [2.75, 3.05) is 6.61 Å². The summed E-state index contributed by atoms with van der Waals surface area (Å²) >= 11 is 15.9. The number of ether oxygens (including phenoxy) is 1. The highest BCUT2D eigenvalue weighted by molar-refractivity contribution is 9.10. The zero-order chi connectivity index (χ0) is 26.9. The Kier molecular flexibility index (Phi) is 10.9. The summed E-state index contributed by atoms with van der Waals surface area (Å²) in [6.45, 7) is 5.85. The molecule has 0 aliphatic carbocycles. The molecule has 0 saturated heterocycles. The topological polar surface area (TPSA) is 58.6 Å². The van der Waals surface area contributed by atoms with E-state index in [-0.39, 0.29) is 31.0 Å². The fourth-order valence-corrected chi connectivity index (χ4v) is 4.33. The molecule has 0 aliphatic heterocycles. The Morgan fingerprint density at radius 1 is 1.00 bits per heavy atom. The van der Waals surface area contributed by atoms with Crippen LogP contribution in [-0.2, 0) is 22.6 Å². The van der Waals surface area contributed by atoms with Gasteiger partial charge in [-0.2, -0.15) is 0 Å². The van der Waals surface area contributed by atoms with Crippen LogP contribution in [0.25, 0.3) is 0 Å². The number of nitrogens with zero attached hydrogens (tertiary/aromatic N) is 1. The molecule has 196 valence electrons. The average molecular weight is 606 g/mol. The molecule has 37 heavy (non-hydrogen) atoms. The summed E-state index contributed by atoms with van der Waals surface area (Å²) in [7, 11) is 0. The molecule has 3 aromatic rings. The number of hydrogen-bond acceptors (Lipinski definition) is 3. The van der Waals surface area contributed by atoms with E-state index < -0.39 is 6.04 Å². The molecule has 2 atom stereocenters. The Morgan fingerprint density at radius 3 is 2.38 bits per heavy atom. The summed E-state index contributed by atoms with van der Waals surface area (Å²) in [5.74, 6) is 0.0465. The Labute approximate surface area is 237 Å². The molecule has 0 heterocycles. The highest BCUT2D eigenvalue weighted by Gasteiger charge is 2.31. The number of aryl methyl sites for hydroxylation is 1. The third-order valence-electron chi connectivity index (χ3n) is 6.10. The van der Waals surface area contributed by atoms with Crippen molar-refractivity contribution >= 4 is 50.9 Å². The first-order chi connectivity index (χ1) is 17.7. The molecule has 0 saturated carbocycles. The number of amides is 2. The first kappa shape index (κ1) is 29.0. The van der Waals surface area contributed by atoms with Gasteiger partial charge in [0.05, 0.1) is 10.0 Å². The monoisotopic (exact) mass is 604 g/mol. The van der Waals surface area contributed by atoms with E-state index in [0.717, 1.165) is 27.6 Å². The van der Waals surface area contributed by atoms with Gasteiger partial charge in [-0.25, -0.2) is 0 Å². The van der Waals surface area contributed by atoms with E-state index >= 15 is 0 Å². The first-order valence-corrected chi connectivity index (χ1v) is 13.7. The fraction of sp³-hybridized carbons (Fsp3) is 0.310. The smallest absolute Gasteiger partial charge is 0.261 e. The minimum Gasteiger partial charge on any atom is -0.484 e. The van der Waals surface area contributed by atoms with E-state index in [1.165, 1.54) is 0 Å². The molecule has 8 heteroatoms. The molecule has 5 nitrogen and oxygen atoms in total. The summed E-state index contributed by atoms with van der Waals surface area (Å²) in [6, 6.07) is 19.6. The van der Waals surface area contributed by atoms with Crippen molar-refractivity contribution in [2.45, 2.75) is 52.2 Å². The lowest BCUT2D eigenvalue weighted by molar-refractivity contribution is -0.143. The normalized spacial score (nSPS) is 12.5. The van der Waals surface area contributed by atoms with Gasteiger partial charge in [-0.05, 0) is 67.3 Å². The number of rotatable bonds is 11. The maximum atomic E-state index is 13.7. The van der Waals surface area contributed by atoms with Gasteiger partial charge in [0, 0.05) is 23.5 Å². The molecule has 2 amide bonds. The highest BCUT2D eigenvalue weighted by Crippen LogP contribution is 2.25. The van der Waals surface area contributed by atoms with Crippen LogP contribution in [0.15, 0.2) is 71.2 Å². The number of benzene rings is 3. The van der Waals surface area contributed by atoms with Gasteiger partial charge in [0.2, 0.25) is 5.91 Å². The fourth-order valence-electron chi connectivity index (χ4n) is 3.76. The van der Waals surface area contributed by atoms with Crippen molar-refractivity contribution in [3.8, 4) is 5.75 Å². The maximum absolute atomic E-state index is 13.7. The van der Waals surface area contributed by atoms with Crippen LogP contribution in [0.5, 0.6) is 5.75 Å². The molecule has 1 N–H and O–H groups in total. The van der Waals surface area contributed by atoms with E-state index in [2.05, 4.69) is 21.2 Å². The van der Waals surface area contributed by atoms with E-state index in [4.69, 9.17) is 27.9 Å². The molecule has 0 bridgehead atoms. The van der Waals surface area contributed by atoms with Crippen LogP contribution < -0.4 is 10.1 Å². The SMILES string of the molecule is CC[C@@H](C)NC(=O)[C@H](Cc1ccccc1)N(Cc1ccc(Cl)c(Cl)c1)C(=O)COc1ccc(Br)c(C)c1. The van der Waals surface area contributed by atoms with Gasteiger partial charge in [0.15, 0.2) is 6.61 Å². The average Bonchev–Trinajstić information content (AvgIpc) is 2.89. The molecule has 0 spiro atoms. The Bertz CT molecular complexity index is 1220. The number of hydrogen-bond donors (Lipinski definition) is 1. The van der Waals surface area contributed by atoms with Crippen molar-refractivity contribution in [3.05, 3.63) is 97.9 Å². The zero-order valence-corrected chi connectivity index (χ0v) is 24.2. The third-order valence-corrected chi connectivity index (χ3v) is 7.73. The second kappa shape index (κ2) is 13.8. The predicted molar refractivity (Wildman–Crippen MR) is 153 cm³/mol. The van der Waals surface area contributed by atoms with Crippen LogP contribution in [0.4, 0.5) is 0 Å². The molecular formula is C29H31BrCl2N2O3. The molecule has 0 aliphatic rings. The summed E-state index contributed by atoms with van der Waals surface area (Å²) in [5.41, 5.74) is 2.70. The number of carbonyl (C=O) groups is 2. The summed E-state index contributed by atoms with van der Waals surface area (Å²) < 4.78 is 6.81. The van der Waals surface area contributed by atoms with Gasteiger partial charge in [-0.1, -0.05) is 82.5 Å². The van der Waals surface area contributed by atoms with Gasteiger partial charge in [-0.3, -0.25) is 9.59 Å². The lowest BCUT2D eigenvalue weighted by Crippen LogP contribution is -2.53. The minimum absolute atomic E-state index is 0.0327. The molecule has 0 aromatic heterocycles. The summed E-state index contributed by atoms with van der Waals surface area (Å²) in [5, 5.41) is 3.86. The van der Waals surface area contributed by atoms with Crippen LogP contribution in [0.3, 0.4) is 0 Å². The highest BCUT2D eigenvalue weighted by atomic mass is 79.9. The van der Waals surface area contributed by atoms with Crippen LogP contribution in [0.1, 0.15) is 37.0 Å². The van der Waals surface area contributed by atoms with Crippen LogP contribution in [0, 0.1) is 6.92 Å². The largest absolute Gasteiger partial charge is 0.484 e. The Balaban J connectivity index is 1.93. The molecule has 3 rings (SSSR count). The van der Waals surface area contributed by atoms with Crippen LogP contribution >= 0.6 is 39.1 Å².